The van der Waals surface area contributed by atoms with Crippen LogP contribution in [-0.4, -0.2) is 25.5 Å². The van der Waals surface area contributed by atoms with Crippen LogP contribution < -0.4 is 0 Å². The molecule has 3 aliphatic rings. The van der Waals surface area contributed by atoms with Crippen LogP contribution in [0, 0.1) is 13.8 Å². The summed E-state index contributed by atoms with van der Waals surface area (Å²) in [6.07, 6.45) is 17.7. The lowest BCUT2D eigenvalue weighted by Crippen LogP contribution is -2.11. The molecule has 0 radical (unpaired) electrons. The van der Waals surface area contributed by atoms with Gasteiger partial charge in [0.25, 0.3) is 0 Å². The normalized spacial score (nSPS) is 17.5. The Morgan fingerprint density at radius 2 is 0.895 bits per heavy atom. The second-order valence-corrected chi connectivity index (χ2v) is 17.2. The first kappa shape index (κ1) is 40.5. The van der Waals surface area contributed by atoms with Crippen molar-refractivity contribution in [3.63, 3.8) is 0 Å². The van der Waals surface area contributed by atoms with E-state index in [0.717, 1.165) is 51.8 Å². The number of rotatable bonds is 8. The van der Waals surface area contributed by atoms with Gasteiger partial charge in [-0.2, -0.15) is 0 Å². The molecule has 0 saturated heterocycles. The molecular formula is C52H62O5. The molecule has 5 aromatic rings. The van der Waals surface area contributed by atoms with Crippen molar-refractivity contribution in [3.05, 3.63) is 153 Å². The summed E-state index contributed by atoms with van der Waals surface area (Å²) in [7, 11) is 0. The molecule has 8 rings (SSSR count). The van der Waals surface area contributed by atoms with Crippen molar-refractivity contribution in [1.29, 1.82) is 0 Å². The highest BCUT2D eigenvalue weighted by atomic mass is 16.3. The number of phenols is 4. The zero-order valence-electron chi connectivity index (χ0n) is 34.0. The number of aliphatic hydroxyl groups is 1. The lowest BCUT2D eigenvalue weighted by Gasteiger charge is -2.29. The molecule has 5 aromatic carbocycles. The molecular weight excluding hydrogens is 705 g/mol. The summed E-state index contributed by atoms with van der Waals surface area (Å²) in [6, 6.07) is 30.8. The van der Waals surface area contributed by atoms with Gasteiger partial charge < -0.3 is 25.5 Å². The monoisotopic (exact) mass is 766 g/mol. The van der Waals surface area contributed by atoms with E-state index in [1.165, 1.54) is 94.6 Å². The van der Waals surface area contributed by atoms with Crippen molar-refractivity contribution in [2.45, 2.75) is 140 Å². The Labute approximate surface area is 340 Å². The molecule has 0 aliphatic heterocycles. The minimum absolute atomic E-state index is 0.213. The quantitative estimate of drug-likeness (QED) is 0.101. The number of aliphatic hydroxyl groups excluding tert-OH is 1. The van der Waals surface area contributed by atoms with Crippen LogP contribution in [0.5, 0.6) is 23.0 Å². The number of phenolic OH excluding ortho intramolecular Hbond substituents is 4. The Kier molecular flexibility index (Phi) is 13.3. The number of para-hydroxylation sites is 1. The maximum Gasteiger partial charge on any atom is 0.125 e. The zero-order valence-corrected chi connectivity index (χ0v) is 34.0. The Morgan fingerprint density at radius 1 is 0.439 bits per heavy atom. The van der Waals surface area contributed by atoms with Crippen molar-refractivity contribution >= 4 is 0 Å². The molecule has 0 aromatic heterocycles. The number of aromatic hydroxyl groups is 4. The Morgan fingerprint density at radius 3 is 1.37 bits per heavy atom. The summed E-state index contributed by atoms with van der Waals surface area (Å²) in [4.78, 5) is 0. The third-order valence-electron chi connectivity index (χ3n) is 13.3. The molecule has 5 heteroatoms. The highest BCUT2D eigenvalue weighted by Crippen LogP contribution is 2.47. The summed E-state index contributed by atoms with van der Waals surface area (Å²) in [5, 5.41) is 53.7. The van der Waals surface area contributed by atoms with Gasteiger partial charge in [-0.3, -0.25) is 0 Å². The number of hydrogen-bond donors (Lipinski definition) is 5. The Balaban J connectivity index is 0.000000200. The van der Waals surface area contributed by atoms with E-state index in [1.807, 2.05) is 72.8 Å². The van der Waals surface area contributed by atoms with Crippen LogP contribution in [0.15, 0.2) is 97.1 Å². The molecule has 5 nitrogen and oxygen atoms in total. The van der Waals surface area contributed by atoms with Crippen LogP contribution >= 0.6 is 0 Å². The lowest BCUT2D eigenvalue weighted by atomic mass is 9.76. The standard InChI is InChI=1S/C33H40O3.C19H22O2/c1-21-17-31(35)29(19-27(21)23-9-5-3-6-10-23)33(25-13-15-26(34)16-14-25)30-20-28(22(2)18-32(30)36)24-11-7-4-8-12-24;20-18(15-10-5-2-6-11-15)17-13-7-12-16(19(17)21)14-8-3-1-4-9-14/h13-20,23-24,33-36H,3-12H2,1-2H3;2,5-7,10-14,18,20-21H,1,3-4,8-9H2. The molecule has 0 amide bonds. The van der Waals surface area contributed by atoms with Gasteiger partial charge in [0.1, 0.15) is 29.1 Å². The first-order chi connectivity index (χ1) is 27.7. The summed E-state index contributed by atoms with van der Waals surface area (Å²) in [5.41, 5.74) is 9.99. The van der Waals surface area contributed by atoms with Gasteiger partial charge in [-0.1, -0.05) is 131 Å². The highest BCUT2D eigenvalue weighted by Gasteiger charge is 2.29. The minimum atomic E-state index is -0.769. The second kappa shape index (κ2) is 18.7. The fourth-order valence-electron chi connectivity index (χ4n) is 10.2. The lowest BCUT2D eigenvalue weighted by molar-refractivity contribution is 0.215. The van der Waals surface area contributed by atoms with Crippen LogP contribution in [0.4, 0.5) is 0 Å². The first-order valence-corrected chi connectivity index (χ1v) is 21.7. The molecule has 3 aliphatic carbocycles. The summed E-state index contributed by atoms with van der Waals surface area (Å²) >= 11 is 0. The molecule has 57 heavy (non-hydrogen) atoms. The van der Waals surface area contributed by atoms with Crippen molar-refractivity contribution in [2.24, 2.45) is 0 Å². The molecule has 1 atom stereocenters. The fourth-order valence-corrected chi connectivity index (χ4v) is 10.2. The van der Waals surface area contributed by atoms with Crippen molar-refractivity contribution < 1.29 is 25.5 Å². The smallest absolute Gasteiger partial charge is 0.125 e. The van der Waals surface area contributed by atoms with Crippen LogP contribution in [0.2, 0.25) is 0 Å². The SMILES string of the molecule is Cc1cc(O)c(C(c2ccc(O)cc2)c2cc(C3CCCCC3)c(C)cc2O)cc1C1CCCCC1.Oc1c(C2CCCCC2)cccc1C(O)c1ccccc1. The van der Waals surface area contributed by atoms with Gasteiger partial charge in [0.05, 0.1) is 0 Å². The third-order valence-corrected chi connectivity index (χ3v) is 13.3. The van der Waals surface area contributed by atoms with Gasteiger partial charge in [0, 0.05) is 22.6 Å². The van der Waals surface area contributed by atoms with E-state index in [9.17, 15) is 25.5 Å². The average Bonchev–Trinajstić information content (AvgIpc) is 3.24. The third kappa shape index (κ3) is 9.36. The van der Waals surface area contributed by atoms with E-state index in [0.29, 0.717) is 23.3 Å². The maximum atomic E-state index is 11.3. The van der Waals surface area contributed by atoms with Crippen LogP contribution in [0.1, 0.15) is 182 Å². The van der Waals surface area contributed by atoms with Gasteiger partial charge in [0.15, 0.2) is 0 Å². The fraction of sp³-hybridized carbons (Fsp3) is 0.423. The van der Waals surface area contributed by atoms with Gasteiger partial charge in [-0.05, 0) is 133 Å². The molecule has 0 heterocycles. The average molecular weight is 767 g/mol. The van der Waals surface area contributed by atoms with E-state index in [4.69, 9.17) is 0 Å². The van der Waals surface area contributed by atoms with E-state index < -0.39 is 6.10 Å². The summed E-state index contributed by atoms with van der Waals surface area (Å²) in [6.45, 7) is 4.21. The van der Waals surface area contributed by atoms with Crippen molar-refractivity contribution in [3.8, 4) is 23.0 Å². The van der Waals surface area contributed by atoms with Gasteiger partial charge >= 0.3 is 0 Å². The minimum Gasteiger partial charge on any atom is -0.508 e. The van der Waals surface area contributed by atoms with E-state index >= 15 is 0 Å². The van der Waals surface area contributed by atoms with Crippen LogP contribution in [0.3, 0.4) is 0 Å². The molecule has 5 N–H and O–H groups in total. The number of benzene rings is 5. The van der Waals surface area contributed by atoms with Gasteiger partial charge in [-0.15, -0.1) is 0 Å². The number of hydrogen-bond acceptors (Lipinski definition) is 5. The first-order valence-electron chi connectivity index (χ1n) is 21.7. The highest BCUT2D eigenvalue weighted by molar-refractivity contribution is 5.57. The molecule has 3 fully saturated rings. The van der Waals surface area contributed by atoms with Crippen molar-refractivity contribution in [2.75, 3.05) is 0 Å². The zero-order chi connectivity index (χ0) is 39.9. The van der Waals surface area contributed by atoms with Crippen molar-refractivity contribution in [1.82, 2.24) is 0 Å². The second-order valence-electron chi connectivity index (χ2n) is 17.2. The summed E-state index contributed by atoms with van der Waals surface area (Å²) < 4.78 is 0. The largest absolute Gasteiger partial charge is 0.508 e. The molecule has 1 unspecified atom stereocenters. The molecule has 0 spiro atoms. The number of aryl methyl sites for hydroxylation is 2. The van der Waals surface area contributed by atoms with E-state index in [-0.39, 0.29) is 28.9 Å². The van der Waals surface area contributed by atoms with E-state index in [1.54, 1.807) is 12.1 Å². The van der Waals surface area contributed by atoms with Gasteiger partial charge in [-0.25, -0.2) is 0 Å². The molecule has 3 saturated carbocycles. The van der Waals surface area contributed by atoms with Crippen LogP contribution in [0.25, 0.3) is 0 Å². The predicted molar refractivity (Wildman–Crippen MR) is 231 cm³/mol. The Bertz CT molecular complexity index is 2000. The predicted octanol–water partition coefficient (Wildman–Crippen LogP) is 13.2. The maximum absolute atomic E-state index is 11.3. The van der Waals surface area contributed by atoms with Gasteiger partial charge in [0.2, 0.25) is 0 Å². The summed E-state index contributed by atoms with van der Waals surface area (Å²) in [5.74, 6) is 2.17. The van der Waals surface area contributed by atoms with Crippen LogP contribution in [-0.2, 0) is 0 Å². The topological polar surface area (TPSA) is 101 Å². The Hall–Kier alpha value is -4.74. The molecule has 0 bridgehead atoms. The molecule has 300 valence electrons. The van der Waals surface area contributed by atoms with E-state index in [2.05, 4.69) is 26.0 Å².